The Morgan fingerprint density at radius 3 is 2.92 bits per heavy atom. The van der Waals surface area contributed by atoms with Gasteiger partial charge in [-0.3, -0.25) is 9.20 Å². The molecule has 0 spiro atoms. The van der Waals surface area contributed by atoms with Gasteiger partial charge >= 0.3 is 0 Å². The molecule has 1 N–H and O–H groups in total. The van der Waals surface area contributed by atoms with Crippen LogP contribution in [0.15, 0.2) is 24.7 Å². The van der Waals surface area contributed by atoms with Gasteiger partial charge in [-0.05, 0) is 18.9 Å². The van der Waals surface area contributed by atoms with Crippen molar-refractivity contribution in [2.24, 2.45) is 5.92 Å². The molecule has 8 heteroatoms. The normalized spacial score (nSPS) is 23.5. The molecule has 26 heavy (non-hydrogen) atoms. The Bertz CT molecular complexity index is 986. The van der Waals surface area contributed by atoms with E-state index in [1.54, 1.807) is 11.1 Å². The molecular formula is C18H19F2N5O. The molecule has 0 bridgehead atoms. The third kappa shape index (κ3) is 2.39. The van der Waals surface area contributed by atoms with Crippen molar-refractivity contribution in [1.29, 1.82) is 0 Å². The van der Waals surface area contributed by atoms with Gasteiger partial charge in [-0.15, -0.1) is 0 Å². The molecule has 1 saturated carbocycles. The Kier molecular flexibility index (Phi) is 3.32. The van der Waals surface area contributed by atoms with Gasteiger partial charge in [0.2, 0.25) is 11.8 Å². The van der Waals surface area contributed by atoms with Crippen molar-refractivity contribution in [1.82, 2.24) is 24.3 Å². The van der Waals surface area contributed by atoms with Crippen molar-refractivity contribution in [3.05, 3.63) is 30.4 Å². The van der Waals surface area contributed by atoms with E-state index in [9.17, 15) is 13.6 Å². The highest BCUT2D eigenvalue weighted by atomic mass is 19.3. The van der Waals surface area contributed by atoms with Crippen LogP contribution >= 0.6 is 0 Å². The largest absolute Gasteiger partial charge is 0.345 e. The predicted molar refractivity (Wildman–Crippen MR) is 91.1 cm³/mol. The van der Waals surface area contributed by atoms with Crippen LogP contribution < -0.4 is 0 Å². The average molecular weight is 359 g/mol. The van der Waals surface area contributed by atoms with Crippen molar-refractivity contribution in [2.45, 2.75) is 37.5 Å². The second kappa shape index (κ2) is 5.49. The molecule has 1 saturated heterocycles. The van der Waals surface area contributed by atoms with Crippen LogP contribution in [0.3, 0.4) is 0 Å². The molecule has 0 aromatic carbocycles. The summed E-state index contributed by atoms with van der Waals surface area (Å²) in [4.78, 5) is 26.3. The van der Waals surface area contributed by atoms with E-state index in [1.807, 2.05) is 18.5 Å². The van der Waals surface area contributed by atoms with Gasteiger partial charge in [-0.25, -0.2) is 18.7 Å². The van der Waals surface area contributed by atoms with Crippen LogP contribution in [0.1, 0.15) is 37.3 Å². The van der Waals surface area contributed by atoms with E-state index in [0.29, 0.717) is 13.1 Å². The highest BCUT2D eigenvalue weighted by Gasteiger charge is 2.50. The molecular weight excluding hydrogens is 340 g/mol. The van der Waals surface area contributed by atoms with Gasteiger partial charge in [0.15, 0.2) is 11.3 Å². The van der Waals surface area contributed by atoms with Gasteiger partial charge in [-0.1, -0.05) is 0 Å². The van der Waals surface area contributed by atoms with E-state index in [1.165, 1.54) is 0 Å². The molecule has 4 heterocycles. The highest BCUT2D eigenvalue weighted by Crippen LogP contribution is 2.43. The van der Waals surface area contributed by atoms with Crippen molar-refractivity contribution >= 4 is 22.7 Å². The van der Waals surface area contributed by atoms with Crippen molar-refractivity contribution in [3.63, 3.8) is 0 Å². The number of H-pyrrole nitrogens is 1. The number of halogens is 2. The van der Waals surface area contributed by atoms with Crippen molar-refractivity contribution in [3.8, 4) is 0 Å². The third-order valence-electron chi connectivity index (χ3n) is 5.66. The number of hydrogen-bond donors (Lipinski definition) is 1. The van der Waals surface area contributed by atoms with Crippen LogP contribution in [0, 0.1) is 5.92 Å². The maximum atomic E-state index is 13.1. The van der Waals surface area contributed by atoms with Gasteiger partial charge in [0.25, 0.3) is 0 Å². The molecule has 5 rings (SSSR count). The molecule has 0 radical (unpaired) electrons. The average Bonchev–Trinajstić information content (AvgIpc) is 3.24. The van der Waals surface area contributed by atoms with Gasteiger partial charge in [0, 0.05) is 55.9 Å². The Labute approximate surface area is 148 Å². The zero-order valence-corrected chi connectivity index (χ0v) is 14.2. The first-order valence-corrected chi connectivity index (χ1v) is 8.98. The van der Waals surface area contributed by atoms with Crippen LogP contribution in [0.4, 0.5) is 8.78 Å². The first kappa shape index (κ1) is 15.7. The highest BCUT2D eigenvalue weighted by molar-refractivity contribution is 5.80. The molecule has 2 fully saturated rings. The second-order valence-corrected chi connectivity index (χ2v) is 7.43. The predicted octanol–water partition coefficient (Wildman–Crippen LogP) is 2.96. The summed E-state index contributed by atoms with van der Waals surface area (Å²) in [6.07, 6.45) is 6.62. The first-order valence-electron chi connectivity index (χ1n) is 8.98. The minimum Gasteiger partial charge on any atom is -0.345 e. The molecule has 6 nitrogen and oxygen atoms in total. The maximum absolute atomic E-state index is 13.1. The minimum atomic E-state index is -2.66. The van der Waals surface area contributed by atoms with Gasteiger partial charge in [-0.2, -0.15) is 0 Å². The number of rotatable bonds is 2. The molecule has 1 amide bonds. The summed E-state index contributed by atoms with van der Waals surface area (Å²) < 4.78 is 28.3. The number of likely N-dealkylation sites (tertiary alicyclic amines) is 1. The number of nitrogens with zero attached hydrogens (tertiary/aromatic N) is 4. The minimum absolute atomic E-state index is 0.122. The van der Waals surface area contributed by atoms with E-state index in [-0.39, 0.29) is 24.7 Å². The van der Waals surface area contributed by atoms with E-state index >= 15 is 0 Å². The van der Waals surface area contributed by atoms with Crippen molar-refractivity contribution < 1.29 is 13.6 Å². The Hall–Kier alpha value is -2.51. The molecule has 3 aromatic heterocycles. The van der Waals surface area contributed by atoms with E-state index < -0.39 is 11.8 Å². The number of amides is 1. The lowest BCUT2D eigenvalue weighted by Gasteiger charge is -2.40. The summed E-state index contributed by atoms with van der Waals surface area (Å²) in [6, 6.07) is 1.96. The molecule has 3 aromatic rings. The topological polar surface area (TPSA) is 66.3 Å². The summed E-state index contributed by atoms with van der Waals surface area (Å²) >= 11 is 0. The zero-order valence-electron chi connectivity index (χ0n) is 14.2. The van der Waals surface area contributed by atoms with Gasteiger partial charge in [0.1, 0.15) is 0 Å². The number of carbonyl (C=O) groups excluding carboxylic acids is 1. The molecule has 136 valence electrons. The lowest BCUT2D eigenvalue weighted by Crippen LogP contribution is -2.49. The van der Waals surface area contributed by atoms with E-state index in [2.05, 4.69) is 19.4 Å². The summed E-state index contributed by atoms with van der Waals surface area (Å²) in [5, 5.41) is 0. The number of piperidine rings is 1. The van der Waals surface area contributed by atoms with Crippen LogP contribution in [-0.2, 0) is 4.79 Å². The smallest absolute Gasteiger partial charge is 0.249 e. The number of alkyl halides is 2. The van der Waals surface area contributed by atoms with Crippen LogP contribution in [0.2, 0.25) is 0 Å². The molecule has 1 aliphatic heterocycles. The fraction of sp³-hybridized carbons (Fsp3) is 0.500. The summed E-state index contributed by atoms with van der Waals surface area (Å²) in [5.74, 6) is -3.16. The Morgan fingerprint density at radius 2 is 2.12 bits per heavy atom. The summed E-state index contributed by atoms with van der Waals surface area (Å²) in [5.41, 5.74) is 3.56. The number of carbonyl (C=O) groups is 1. The van der Waals surface area contributed by atoms with Crippen molar-refractivity contribution in [2.75, 3.05) is 13.1 Å². The quantitative estimate of drug-likeness (QED) is 0.765. The zero-order chi connectivity index (χ0) is 17.9. The SMILES string of the molecule is O=C(C1CC(F)(F)C1)N1CCC[C@@H](c2cnc3cnc4[nH]ccc4n23)C1. The second-order valence-electron chi connectivity index (χ2n) is 7.43. The third-order valence-corrected chi connectivity index (χ3v) is 5.66. The number of aromatic amines is 1. The number of hydrogen-bond acceptors (Lipinski definition) is 3. The number of fused-ring (bicyclic) bond motifs is 3. The molecule has 0 unspecified atom stereocenters. The van der Waals surface area contributed by atoms with Crippen LogP contribution in [0.25, 0.3) is 16.8 Å². The summed E-state index contributed by atoms with van der Waals surface area (Å²) in [6.45, 7) is 1.21. The van der Waals surface area contributed by atoms with E-state index in [0.717, 1.165) is 35.3 Å². The Balaban J connectivity index is 1.43. The fourth-order valence-electron chi connectivity index (χ4n) is 4.29. The van der Waals surface area contributed by atoms with Crippen LogP contribution in [-0.4, -0.2) is 49.2 Å². The fourth-order valence-corrected chi connectivity index (χ4v) is 4.29. The number of aromatic nitrogens is 4. The van der Waals surface area contributed by atoms with E-state index in [4.69, 9.17) is 0 Å². The lowest BCUT2D eigenvalue weighted by atomic mass is 9.79. The van der Waals surface area contributed by atoms with Gasteiger partial charge in [0.05, 0.1) is 11.7 Å². The maximum Gasteiger partial charge on any atom is 0.249 e. The number of nitrogens with one attached hydrogen (secondary N) is 1. The number of imidazole rings is 1. The molecule has 1 atom stereocenters. The lowest BCUT2D eigenvalue weighted by molar-refractivity contribution is -0.160. The van der Waals surface area contributed by atoms with Gasteiger partial charge < -0.3 is 9.88 Å². The summed E-state index contributed by atoms with van der Waals surface area (Å²) in [7, 11) is 0. The molecule has 1 aliphatic carbocycles. The first-order chi connectivity index (χ1) is 12.5. The monoisotopic (exact) mass is 359 g/mol. The standard InChI is InChI=1S/C18H19F2N5O/c19-18(20)6-12(7-18)17(26)24-5-1-2-11(10-24)14-8-22-15-9-23-16-13(25(14)15)3-4-21-16/h3-4,8-9,11-12,21H,1-2,5-7,10H2/t11-/m1/s1. The Morgan fingerprint density at radius 1 is 1.27 bits per heavy atom. The molecule has 2 aliphatic rings. The van der Waals surface area contributed by atoms with Crippen LogP contribution in [0.5, 0.6) is 0 Å².